The van der Waals surface area contributed by atoms with Gasteiger partial charge in [-0.05, 0) is 25.3 Å². The van der Waals surface area contributed by atoms with Gasteiger partial charge in [-0.2, -0.15) is 0 Å². The Balaban J connectivity index is 1.99. The van der Waals surface area contributed by atoms with E-state index in [1.807, 2.05) is 30.3 Å². The van der Waals surface area contributed by atoms with Gasteiger partial charge in [-0.15, -0.1) is 0 Å². The third kappa shape index (κ3) is 26.7. The van der Waals surface area contributed by atoms with Crippen LogP contribution in [0, 0.1) is 5.92 Å². The Kier molecular flexibility index (Phi) is 27.7. The minimum Gasteiger partial charge on any atom is -0.379 e. The van der Waals surface area contributed by atoms with Gasteiger partial charge in [0.25, 0.3) is 0 Å². The monoisotopic (exact) mass is 666 g/mol. The molecule has 1 aromatic rings. The fourth-order valence-electron chi connectivity index (χ4n) is 5.03. The van der Waals surface area contributed by atoms with E-state index in [0.717, 1.165) is 36.2 Å². The quantitative estimate of drug-likeness (QED) is 0.0711. The number of Topliss-reactive ketones (excluding diaryl/α,β-unsaturated/α-hetero) is 1. The molecule has 0 aromatic heterocycles. The summed E-state index contributed by atoms with van der Waals surface area (Å²) in [5.74, 6) is -0.594. The number of ketones is 1. The van der Waals surface area contributed by atoms with Crippen molar-refractivity contribution in [2.24, 2.45) is 5.92 Å². The number of rotatable bonds is 34. The first-order valence-corrected chi connectivity index (χ1v) is 18.4. The standard InChI is InChI=1S/C38H68N2O7/c1-5-7-8-9-10-11-12-13-14-18-23-43-24-25-44-26-27-45-28-29-46-30-31-47-34-37(41)33-36(32-35-19-16-15-17-20-35)38(42)39-21-22-40(3,4)6-2/h15-17,19-20,36H,5-14,18,21-34H2,1-4H3/p+1. The first kappa shape index (κ1) is 43.1. The largest absolute Gasteiger partial charge is 0.379 e. The summed E-state index contributed by atoms with van der Waals surface area (Å²) in [5.41, 5.74) is 1.04. The van der Waals surface area contributed by atoms with Crippen LogP contribution in [0.4, 0.5) is 0 Å². The molecule has 9 nitrogen and oxygen atoms in total. The second kappa shape index (κ2) is 30.2. The number of unbranched alkanes of at least 4 members (excludes halogenated alkanes) is 9. The van der Waals surface area contributed by atoms with Gasteiger partial charge >= 0.3 is 0 Å². The fourth-order valence-corrected chi connectivity index (χ4v) is 5.03. The van der Waals surface area contributed by atoms with Crippen LogP contribution in [0.15, 0.2) is 30.3 Å². The van der Waals surface area contributed by atoms with Crippen LogP contribution >= 0.6 is 0 Å². The van der Waals surface area contributed by atoms with Crippen molar-refractivity contribution in [3.63, 3.8) is 0 Å². The van der Waals surface area contributed by atoms with E-state index in [2.05, 4.69) is 33.3 Å². The van der Waals surface area contributed by atoms with Crippen molar-refractivity contribution < 1.29 is 37.8 Å². The highest BCUT2D eigenvalue weighted by atomic mass is 16.6. The van der Waals surface area contributed by atoms with E-state index < -0.39 is 5.92 Å². The summed E-state index contributed by atoms with van der Waals surface area (Å²) in [5, 5.41) is 3.04. The molecule has 1 atom stereocenters. The lowest BCUT2D eigenvalue weighted by Crippen LogP contribution is -2.46. The molecule has 0 fully saturated rings. The van der Waals surface area contributed by atoms with Crippen molar-refractivity contribution >= 4 is 11.7 Å². The summed E-state index contributed by atoms with van der Waals surface area (Å²) in [7, 11) is 4.28. The molecule has 0 spiro atoms. The number of amides is 1. The second-order valence-electron chi connectivity index (χ2n) is 13.1. The number of carbonyl (C=O) groups excluding carboxylic acids is 2. The van der Waals surface area contributed by atoms with E-state index in [4.69, 9.17) is 23.7 Å². The van der Waals surface area contributed by atoms with Crippen molar-refractivity contribution in [3.05, 3.63) is 35.9 Å². The van der Waals surface area contributed by atoms with Gasteiger partial charge < -0.3 is 33.5 Å². The van der Waals surface area contributed by atoms with Crippen LogP contribution in [0.3, 0.4) is 0 Å². The van der Waals surface area contributed by atoms with Crippen LogP contribution in [0.25, 0.3) is 0 Å². The lowest BCUT2D eigenvalue weighted by atomic mass is 9.93. The molecule has 47 heavy (non-hydrogen) atoms. The number of ether oxygens (including phenoxy) is 5. The van der Waals surface area contributed by atoms with Gasteiger partial charge in [-0.25, -0.2) is 0 Å². The maximum absolute atomic E-state index is 13.0. The average Bonchev–Trinajstić information content (AvgIpc) is 3.06. The van der Waals surface area contributed by atoms with Crippen LogP contribution in [0.1, 0.15) is 90.0 Å². The van der Waals surface area contributed by atoms with Crippen molar-refractivity contribution in [2.75, 3.05) is 99.8 Å². The van der Waals surface area contributed by atoms with Gasteiger partial charge in [0.05, 0.1) is 86.6 Å². The van der Waals surface area contributed by atoms with Crippen LogP contribution in [0.5, 0.6) is 0 Å². The third-order valence-electron chi connectivity index (χ3n) is 8.44. The summed E-state index contributed by atoms with van der Waals surface area (Å²) in [6.45, 7) is 11.5. The molecule has 0 heterocycles. The lowest BCUT2D eigenvalue weighted by molar-refractivity contribution is -0.887. The molecular formula is C38H69N2O7+. The van der Waals surface area contributed by atoms with Gasteiger partial charge in [0.15, 0.2) is 5.78 Å². The Morgan fingerprint density at radius 3 is 1.68 bits per heavy atom. The van der Waals surface area contributed by atoms with Crippen molar-refractivity contribution in [3.8, 4) is 0 Å². The highest BCUT2D eigenvalue weighted by Gasteiger charge is 2.23. The summed E-state index contributed by atoms with van der Waals surface area (Å²) in [4.78, 5) is 25.6. The number of nitrogens with zero attached hydrogens (tertiary/aromatic N) is 1. The van der Waals surface area contributed by atoms with Gasteiger partial charge in [0.2, 0.25) is 5.91 Å². The minimum atomic E-state index is -0.426. The SMILES string of the molecule is CCCCCCCCCCCCOCCOCCOCCOCCOCC(=O)CC(Cc1ccccc1)C(=O)NCC[N+](C)(C)CC. The molecule has 0 saturated heterocycles. The van der Waals surface area contributed by atoms with E-state index >= 15 is 0 Å². The predicted molar refractivity (Wildman–Crippen MR) is 190 cm³/mol. The maximum Gasteiger partial charge on any atom is 0.224 e. The molecule has 0 saturated carbocycles. The first-order chi connectivity index (χ1) is 22.9. The number of likely N-dealkylation sites (N-methyl/N-ethyl adjacent to an activating group) is 1. The number of quaternary nitrogens is 1. The summed E-state index contributed by atoms with van der Waals surface area (Å²) in [6, 6.07) is 9.83. The predicted octanol–water partition coefficient (Wildman–Crippen LogP) is 6.02. The first-order valence-electron chi connectivity index (χ1n) is 18.4. The molecule has 1 N–H and O–H groups in total. The van der Waals surface area contributed by atoms with Crippen LogP contribution in [0.2, 0.25) is 0 Å². The molecule has 9 heteroatoms. The summed E-state index contributed by atoms with van der Waals surface area (Å²) < 4.78 is 28.7. The molecule has 0 aliphatic carbocycles. The Hall–Kier alpha value is -1.88. The zero-order chi connectivity index (χ0) is 34.3. The van der Waals surface area contributed by atoms with Crippen LogP contribution in [-0.2, 0) is 39.7 Å². The van der Waals surface area contributed by atoms with Gasteiger partial charge in [0.1, 0.15) is 6.61 Å². The summed E-state index contributed by atoms with van der Waals surface area (Å²) in [6.07, 6.45) is 14.0. The van der Waals surface area contributed by atoms with Crippen molar-refractivity contribution in [1.29, 1.82) is 0 Å². The van der Waals surface area contributed by atoms with Crippen molar-refractivity contribution in [1.82, 2.24) is 5.32 Å². The van der Waals surface area contributed by atoms with E-state index in [1.54, 1.807) is 0 Å². The fraction of sp³-hybridized carbons (Fsp3) is 0.789. The van der Waals surface area contributed by atoms with E-state index in [9.17, 15) is 9.59 Å². The number of carbonyl (C=O) groups is 2. The molecule has 0 bridgehead atoms. The number of hydrogen-bond acceptors (Lipinski definition) is 7. The van der Waals surface area contributed by atoms with Gasteiger partial charge in [-0.1, -0.05) is 95.0 Å². The normalized spacial score (nSPS) is 12.3. The van der Waals surface area contributed by atoms with Crippen LogP contribution < -0.4 is 5.32 Å². The molecule has 1 aromatic carbocycles. The Bertz CT molecular complexity index is 869. The zero-order valence-corrected chi connectivity index (χ0v) is 30.4. The van der Waals surface area contributed by atoms with E-state index in [0.29, 0.717) is 65.8 Å². The highest BCUT2D eigenvalue weighted by molar-refractivity contribution is 5.87. The topological polar surface area (TPSA) is 92.3 Å². The highest BCUT2D eigenvalue weighted by Crippen LogP contribution is 2.14. The maximum atomic E-state index is 13.0. The molecule has 272 valence electrons. The number of nitrogens with one attached hydrogen (secondary N) is 1. The molecular weight excluding hydrogens is 596 g/mol. The van der Waals surface area contributed by atoms with Gasteiger partial charge in [-0.3, -0.25) is 9.59 Å². The zero-order valence-electron chi connectivity index (χ0n) is 30.4. The lowest BCUT2D eigenvalue weighted by Gasteiger charge is -2.28. The number of benzene rings is 1. The Labute approximate surface area is 287 Å². The Morgan fingerprint density at radius 2 is 1.15 bits per heavy atom. The third-order valence-corrected chi connectivity index (χ3v) is 8.44. The second-order valence-corrected chi connectivity index (χ2v) is 13.1. The molecule has 1 unspecified atom stereocenters. The molecule has 1 amide bonds. The number of hydrogen-bond donors (Lipinski definition) is 1. The van der Waals surface area contributed by atoms with Crippen molar-refractivity contribution in [2.45, 2.75) is 90.9 Å². The minimum absolute atomic E-state index is 0.0293. The molecule has 1 rings (SSSR count). The summed E-state index contributed by atoms with van der Waals surface area (Å²) >= 11 is 0. The Morgan fingerprint density at radius 1 is 0.660 bits per heavy atom. The van der Waals surface area contributed by atoms with E-state index in [1.165, 1.54) is 57.8 Å². The molecule has 0 aliphatic rings. The molecule has 0 radical (unpaired) electrons. The van der Waals surface area contributed by atoms with Crippen LogP contribution in [-0.4, -0.2) is 116 Å². The van der Waals surface area contributed by atoms with E-state index in [-0.39, 0.29) is 24.7 Å². The smallest absolute Gasteiger partial charge is 0.224 e. The average molecular weight is 666 g/mol. The molecule has 0 aliphatic heterocycles. The van der Waals surface area contributed by atoms with Gasteiger partial charge in [0, 0.05) is 18.9 Å².